The van der Waals surface area contributed by atoms with Gasteiger partial charge in [0, 0.05) is 10.0 Å². The van der Waals surface area contributed by atoms with Crippen LogP contribution in [0.25, 0.3) is 11.3 Å². The monoisotopic (exact) mass is 307 g/mol. The van der Waals surface area contributed by atoms with Crippen LogP contribution in [0.2, 0.25) is 0 Å². The lowest BCUT2D eigenvalue weighted by Gasteiger charge is -2.04. The van der Waals surface area contributed by atoms with Gasteiger partial charge < -0.3 is 4.98 Å². The van der Waals surface area contributed by atoms with Gasteiger partial charge in [0.05, 0.1) is 5.69 Å². The minimum atomic E-state index is -0.480. The van der Waals surface area contributed by atoms with Crippen LogP contribution in [-0.2, 0) is 0 Å². The van der Waals surface area contributed by atoms with E-state index in [1.165, 1.54) is 0 Å². The molecule has 2 rings (SSSR count). The van der Waals surface area contributed by atoms with Crippen LogP contribution in [0.3, 0.4) is 0 Å². The van der Waals surface area contributed by atoms with Gasteiger partial charge in [-0.05, 0) is 24.4 Å². The third-order valence-electron chi connectivity index (χ3n) is 2.17. The first-order chi connectivity index (χ1) is 8.11. The summed E-state index contributed by atoms with van der Waals surface area (Å²) in [6.07, 6.45) is 0. The van der Waals surface area contributed by atoms with E-state index in [0.29, 0.717) is 5.69 Å². The highest BCUT2D eigenvalue weighted by atomic mass is 79.9. The van der Waals surface area contributed by atoms with E-state index < -0.39 is 5.56 Å². The number of nitrogens with zero attached hydrogens (tertiary/aromatic N) is 1. The van der Waals surface area contributed by atoms with E-state index in [9.17, 15) is 4.79 Å². The number of hydrogen-bond acceptors (Lipinski definition) is 3. The first kappa shape index (κ1) is 11.8. The number of aromatic nitrogens is 2. The van der Waals surface area contributed by atoms with Crippen LogP contribution in [0, 0.1) is 16.1 Å². The molecule has 0 spiro atoms. The van der Waals surface area contributed by atoms with Gasteiger partial charge in [-0.2, -0.15) is 5.26 Å². The number of H-pyrrole nitrogens is 2. The van der Waals surface area contributed by atoms with Gasteiger partial charge in [0.2, 0.25) is 0 Å². The van der Waals surface area contributed by atoms with Crippen LogP contribution in [-0.4, -0.2) is 9.97 Å². The van der Waals surface area contributed by atoms with Crippen LogP contribution in [0.5, 0.6) is 0 Å². The van der Waals surface area contributed by atoms with Crippen LogP contribution in [0.1, 0.15) is 5.56 Å². The van der Waals surface area contributed by atoms with Crippen molar-refractivity contribution >= 4 is 28.1 Å². The Hall–Kier alpha value is -1.71. The highest BCUT2D eigenvalue weighted by molar-refractivity contribution is 9.10. The van der Waals surface area contributed by atoms with E-state index in [1.807, 2.05) is 18.2 Å². The van der Waals surface area contributed by atoms with Crippen molar-refractivity contribution in [2.24, 2.45) is 0 Å². The Balaban J connectivity index is 2.80. The summed E-state index contributed by atoms with van der Waals surface area (Å²) in [6, 6.07) is 9.15. The normalized spacial score (nSPS) is 9.88. The first-order valence-electron chi connectivity index (χ1n) is 4.64. The fourth-order valence-corrected chi connectivity index (χ4v) is 2.05. The molecule has 2 N–H and O–H groups in total. The number of hydrogen-bond donors (Lipinski definition) is 2. The average Bonchev–Trinajstić information content (AvgIpc) is 2.28. The minimum absolute atomic E-state index is 0.0247. The van der Waals surface area contributed by atoms with Crippen molar-refractivity contribution in [3.63, 3.8) is 0 Å². The van der Waals surface area contributed by atoms with E-state index in [2.05, 4.69) is 25.9 Å². The van der Waals surface area contributed by atoms with Crippen molar-refractivity contribution in [1.29, 1.82) is 5.26 Å². The van der Waals surface area contributed by atoms with Gasteiger partial charge in [-0.3, -0.25) is 9.78 Å². The quantitative estimate of drug-likeness (QED) is 0.796. The molecule has 0 aliphatic heterocycles. The maximum Gasteiger partial charge on any atom is 0.270 e. The van der Waals surface area contributed by atoms with E-state index in [1.54, 1.807) is 12.1 Å². The number of nitriles is 1. The summed E-state index contributed by atoms with van der Waals surface area (Å²) in [5, 5.41) is 8.99. The molecule has 84 valence electrons. The lowest BCUT2D eigenvalue weighted by Crippen LogP contribution is -2.13. The van der Waals surface area contributed by atoms with Crippen molar-refractivity contribution < 1.29 is 0 Å². The average molecular weight is 308 g/mol. The lowest BCUT2D eigenvalue weighted by molar-refractivity contribution is 1.08. The summed E-state index contributed by atoms with van der Waals surface area (Å²) in [5.41, 5.74) is 0.707. The topological polar surface area (TPSA) is 72.4 Å². The molecule has 0 amide bonds. The van der Waals surface area contributed by atoms with Crippen LogP contribution >= 0.6 is 28.1 Å². The Kier molecular flexibility index (Phi) is 3.22. The highest BCUT2D eigenvalue weighted by Gasteiger charge is 2.09. The van der Waals surface area contributed by atoms with Gasteiger partial charge in [-0.1, -0.05) is 28.1 Å². The van der Waals surface area contributed by atoms with Gasteiger partial charge in [-0.15, -0.1) is 0 Å². The second kappa shape index (κ2) is 4.65. The molecule has 0 aliphatic rings. The Labute approximate surface area is 110 Å². The molecule has 0 bridgehead atoms. The zero-order valence-corrected chi connectivity index (χ0v) is 10.9. The molecule has 1 aromatic carbocycles. The zero-order chi connectivity index (χ0) is 12.4. The maximum atomic E-state index is 11.6. The standard InChI is InChI=1S/C11H6BrN3OS/c12-7-3-1-2-6(4-7)9-8(5-13)10(16)15-11(17)14-9/h1-4H,(H2,14,15,16,17). The van der Waals surface area contributed by atoms with Gasteiger partial charge in [0.1, 0.15) is 11.6 Å². The molecule has 6 heteroatoms. The lowest BCUT2D eigenvalue weighted by atomic mass is 10.1. The van der Waals surface area contributed by atoms with E-state index in [0.717, 1.165) is 10.0 Å². The minimum Gasteiger partial charge on any atom is -0.331 e. The molecule has 0 unspecified atom stereocenters. The zero-order valence-electron chi connectivity index (χ0n) is 8.45. The molecular weight excluding hydrogens is 302 g/mol. The molecule has 17 heavy (non-hydrogen) atoms. The molecule has 0 radical (unpaired) electrons. The molecule has 1 heterocycles. The number of benzene rings is 1. The maximum absolute atomic E-state index is 11.6. The molecule has 0 aliphatic carbocycles. The molecule has 0 atom stereocenters. The van der Waals surface area contributed by atoms with E-state index in [-0.39, 0.29) is 10.3 Å². The third kappa shape index (κ3) is 2.35. The Morgan fingerprint density at radius 3 is 2.76 bits per heavy atom. The summed E-state index contributed by atoms with van der Waals surface area (Å²) in [4.78, 5) is 16.8. The van der Waals surface area contributed by atoms with Crippen LogP contribution < -0.4 is 5.56 Å². The number of rotatable bonds is 1. The van der Waals surface area contributed by atoms with Crippen molar-refractivity contribution in [1.82, 2.24) is 9.97 Å². The number of aromatic amines is 2. The summed E-state index contributed by atoms with van der Waals surface area (Å²) in [7, 11) is 0. The Morgan fingerprint density at radius 1 is 1.35 bits per heavy atom. The fraction of sp³-hybridized carbons (Fsp3) is 0. The van der Waals surface area contributed by atoms with Gasteiger partial charge in [-0.25, -0.2) is 0 Å². The predicted octanol–water partition coefficient (Wildman–Crippen LogP) is 2.73. The first-order valence-corrected chi connectivity index (χ1v) is 5.84. The smallest absolute Gasteiger partial charge is 0.270 e. The molecule has 1 aromatic heterocycles. The molecule has 0 fully saturated rings. The molecule has 2 aromatic rings. The van der Waals surface area contributed by atoms with Crippen LogP contribution in [0.4, 0.5) is 0 Å². The van der Waals surface area contributed by atoms with E-state index in [4.69, 9.17) is 17.5 Å². The van der Waals surface area contributed by atoms with Gasteiger partial charge in [0.25, 0.3) is 5.56 Å². The second-order valence-electron chi connectivity index (χ2n) is 3.28. The van der Waals surface area contributed by atoms with Crippen molar-refractivity contribution in [2.75, 3.05) is 0 Å². The number of halogens is 1. The highest BCUT2D eigenvalue weighted by Crippen LogP contribution is 2.22. The molecular formula is C11H6BrN3OS. The third-order valence-corrected chi connectivity index (χ3v) is 2.87. The number of nitrogens with one attached hydrogen (secondary N) is 2. The second-order valence-corrected chi connectivity index (χ2v) is 4.60. The molecule has 0 saturated carbocycles. The largest absolute Gasteiger partial charge is 0.331 e. The van der Waals surface area contributed by atoms with E-state index >= 15 is 0 Å². The summed E-state index contributed by atoms with van der Waals surface area (Å²) in [6.45, 7) is 0. The molecule has 4 nitrogen and oxygen atoms in total. The van der Waals surface area contributed by atoms with Gasteiger partial charge >= 0.3 is 0 Å². The van der Waals surface area contributed by atoms with Crippen molar-refractivity contribution in [2.45, 2.75) is 0 Å². The predicted molar refractivity (Wildman–Crippen MR) is 70.1 cm³/mol. The van der Waals surface area contributed by atoms with Gasteiger partial charge in [0.15, 0.2) is 4.77 Å². The SMILES string of the molecule is N#Cc1c(-c2cccc(Br)c2)[nH]c(=S)[nH]c1=O. The summed E-state index contributed by atoms with van der Waals surface area (Å²) < 4.78 is 1.06. The summed E-state index contributed by atoms with van der Waals surface area (Å²) in [5.74, 6) is 0. The van der Waals surface area contributed by atoms with Crippen molar-refractivity contribution in [3.05, 3.63) is 49.4 Å². The Morgan fingerprint density at radius 2 is 2.12 bits per heavy atom. The molecule has 0 saturated heterocycles. The fourth-order valence-electron chi connectivity index (χ4n) is 1.45. The van der Waals surface area contributed by atoms with Crippen LogP contribution in [0.15, 0.2) is 33.5 Å². The summed E-state index contributed by atoms with van der Waals surface area (Å²) >= 11 is 8.23. The van der Waals surface area contributed by atoms with Crippen molar-refractivity contribution in [3.8, 4) is 17.3 Å². The Bertz CT molecular complexity index is 726.